The Kier molecular flexibility index (Phi) is 4.47. The van der Waals surface area contributed by atoms with Crippen LogP contribution in [0.25, 0.3) is 0 Å². The molecule has 1 aromatic carbocycles. The predicted molar refractivity (Wildman–Crippen MR) is 97.2 cm³/mol. The molecule has 0 amide bonds. The summed E-state index contributed by atoms with van der Waals surface area (Å²) in [5, 5.41) is 19.6. The van der Waals surface area contributed by atoms with Gasteiger partial charge in [-0.2, -0.15) is 0 Å². The highest BCUT2D eigenvalue weighted by Gasteiger charge is 2.50. The summed E-state index contributed by atoms with van der Waals surface area (Å²) in [5.74, 6) is -3.56. The molecule has 0 aliphatic carbocycles. The van der Waals surface area contributed by atoms with Crippen molar-refractivity contribution in [3.8, 4) is 5.75 Å². The average Bonchev–Trinajstić information content (AvgIpc) is 2.97. The number of benzene rings is 1. The molecule has 0 spiro atoms. The van der Waals surface area contributed by atoms with E-state index in [0.717, 1.165) is 0 Å². The zero-order valence-corrected chi connectivity index (χ0v) is 16.0. The van der Waals surface area contributed by atoms with Crippen LogP contribution in [0.5, 0.6) is 5.75 Å². The molecule has 30 heavy (non-hydrogen) atoms. The number of fused-ring (bicyclic) bond motifs is 1. The zero-order valence-electron chi connectivity index (χ0n) is 18.1. The van der Waals surface area contributed by atoms with Crippen molar-refractivity contribution in [2.45, 2.75) is 37.8 Å². The predicted octanol–water partition coefficient (Wildman–Crippen LogP) is 0.708. The van der Waals surface area contributed by atoms with Crippen LogP contribution in [-0.2, 0) is 31.6 Å². The third-order valence-electron chi connectivity index (χ3n) is 4.30. The molecule has 1 unspecified atom stereocenters. The Bertz CT molecular complexity index is 1260. The highest BCUT2D eigenvalue weighted by molar-refractivity contribution is 7.49. The molecule has 162 valence electrons. The first-order chi connectivity index (χ1) is 15.3. The number of phosphoric acid groups is 1. The normalized spacial score (nSPS) is 35.0. The van der Waals surface area contributed by atoms with Crippen LogP contribution in [0, 0.1) is 0 Å². The summed E-state index contributed by atoms with van der Waals surface area (Å²) in [7, 11) is -4.71. The fourth-order valence-corrected chi connectivity index (χ4v) is 3.95. The largest absolute Gasteiger partial charge is 0.530 e. The van der Waals surface area contributed by atoms with E-state index in [1.54, 1.807) is 23.2 Å². The minimum absolute atomic E-state index is 0.0642. The lowest BCUT2D eigenvalue weighted by Crippen LogP contribution is -2.37. The monoisotopic (exact) mass is 447 g/mol. The molecular weight excluding hydrogens is 426 g/mol. The summed E-state index contributed by atoms with van der Waals surface area (Å²) in [6, 6.07) is 6.21. The Morgan fingerprint density at radius 1 is 1.47 bits per heavy atom. The zero-order chi connectivity index (χ0) is 24.2. The molecule has 3 N–H and O–H groups in total. The van der Waals surface area contributed by atoms with Crippen LogP contribution >= 0.6 is 7.82 Å². The molecule has 2 aliphatic heterocycles. The Labute approximate surface area is 172 Å². The number of rotatable bonds is 5. The van der Waals surface area contributed by atoms with Gasteiger partial charge in [-0.25, -0.2) is 13.8 Å². The van der Waals surface area contributed by atoms with Crippen LogP contribution in [0.1, 0.15) is 27.9 Å². The Hall–Kier alpha value is -2.34. The van der Waals surface area contributed by atoms with Gasteiger partial charge in [-0.05, 0) is 6.07 Å². The first-order valence-electron chi connectivity index (χ1n) is 10.1. The number of nitrogens with one attached hydrogen (secondary N) is 1. The average molecular weight is 447 g/mol. The lowest BCUT2D eigenvalue weighted by molar-refractivity contribution is -0.179. The van der Waals surface area contributed by atoms with Crippen LogP contribution in [0.3, 0.4) is 0 Å². The van der Waals surface area contributed by atoms with E-state index in [9.17, 15) is 24.4 Å². The molecule has 0 bridgehead atoms. The third-order valence-corrected chi connectivity index (χ3v) is 5.48. The molecular formula is C17H18FN2O9P. The number of para-hydroxylation sites is 1. The minimum atomic E-state index is -4.71. The smallest absolute Gasteiger partial charge is 0.404 e. The van der Waals surface area contributed by atoms with Crippen LogP contribution < -0.4 is 15.8 Å². The summed E-state index contributed by atoms with van der Waals surface area (Å²) in [5.41, 5.74) is -2.19. The van der Waals surface area contributed by atoms with Gasteiger partial charge in [0.15, 0.2) is 6.20 Å². The standard InChI is InChI=1S/C17H18FN2O9P/c18-17(9-27-30(25)26-8-10-3-1-2-4-13(10)29-30)5-12(22)15(28-17)20-6-11(7-21)14(23)19-16(20)24/h1-4,6,12,15,21-22H,5,7-9H2,(H,19,23,24)/t12-,15-,17+,30?/m1/s1/i9D2,15D. The van der Waals surface area contributed by atoms with Crippen molar-refractivity contribution >= 4 is 7.82 Å². The number of hydrogen-bond acceptors (Lipinski definition) is 9. The van der Waals surface area contributed by atoms with Crippen molar-refractivity contribution in [1.29, 1.82) is 0 Å². The van der Waals surface area contributed by atoms with Gasteiger partial charge in [-0.1, -0.05) is 18.2 Å². The van der Waals surface area contributed by atoms with Crippen LogP contribution in [0.15, 0.2) is 40.1 Å². The number of aromatic nitrogens is 2. The summed E-state index contributed by atoms with van der Waals surface area (Å²) in [6.45, 7) is -4.75. The molecule has 4 rings (SSSR count). The van der Waals surface area contributed by atoms with E-state index in [2.05, 4.69) is 0 Å². The van der Waals surface area contributed by atoms with Crippen LogP contribution in [0.4, 0.5) is 4.39 Å². The lowest BCUT2D eigenvalue weighted by Gasteiger charge is -2.27. The number of halogens is 1. The van der Waals surface area contributed by atoms with Gasteiger partial charge in [0.1, 0.15) is 18.4 Å². The van der Waals surface area contributed by atoms with Crippen molar-refractivity contribution in [3.05, 3.63) is 62.4 Å². The first kappa shape index (κ1) is 17.4. The van der Waals surface area contributed by atoms with Gasteiger partial charge in [0.05, 0.1) is 22.9 Å². The Morgan fingerprint density at radius 3 is 3.00 bits per heavy atom. The molecule has 4 atom stereocenters. The fraction of sp³-hybridized carbons (Fsp3) is 0.412. The van der Waals surface area contributed by atoms with Gasteiger partial charge in [-0.3, -0.25) is 23.4 Å². The van der Waals surface area contributed by atoms with Gasteiger partial charge >= 0.3 is 13.5 Å². The molecule has 3 heterocycles. The van der Waals surface area contributed by atoms with Crippen molar-refractivity contribution < 1.29 is 41.6 Å². The molecule has 0 saturated carbocycles. The molecule has 0 radical (unpaired) electrons. The van der Waals surface area contributed by atoms with E-state index in [1.165, 1.54) is 6.07 Å². The summed E-state index contributed by atoms with van der Waals surface area (Å²) < 4.78 is 72.8. The molecule has 1 fully saturated rings. The van der Waals surface area contributed by atoms with Gasteiger partial charge in [0.2, 0.25) is 5.85 Å². The van der Waals surface area contributed by atoms with Crippen LogP contribution in [-0.4, -0.2) is 38.3 Å². The molecule has 2 aromatic rings. The van der Waals surface area contributed by atoms with E-state index in [0.29, 0.717) is 11.8 Å². The number of H-pyrrole nitrogens is 1. The number of aromatic amines is 1. The third kappa shape index (κ3) is 3.97. The second-order valence-corrected chi connectivity index (χ2v) is 7.96. The van der Waals surface area contributed by atoms with Gasteiger partial charge < -0.3 is 19.5 Å². The number of nitrogens with zero attached hydrogens (tertiary/aromatic N) is 1. The number of phosphoric ester groups is 1. The highest BCUT2D eigenvalue weighted by Crippen LogP contribution is 2.55. The topological polar surface area (TPSA) is 149 Å². The number of alkyl halides is 1. The minimum Gasteiger partial charge on any atom is -0.404 e. The summed E-state index contributed by atoms with van der Waals surface area (Å²) in [4.78, 5) is 25.6. The number of ether oxygens (including phenoxy) is 1. The van der Waals surface area contributed by atoms with E-state index in [-0.39, 0.29) is 16.9 Å². The highest BCUT2D eigenvalue weighted by atomic mass is 31.2. The summed E-state index contributed by atoms with van der Waals surface area (Å²) in [6.07, 6.45) is -5.70. The second kappa shape index (κ2) is 7.73. The summed E-state index contributed by atoms with van der Waals surface area (Å²) >= 11 is 0. The van der Waals surface area contributed by atoms with Gasteiger partial charge in [0.25, 0.3) is 5.56 Å². The SMILES string of the molecule is [2H]C([2H])(OP1(=O)OCc2ccccc2O1)[C@]1(F)C[C@@H](O)[C@]([2H])(n2cc(CO)c(=O)[nH]c2=O)O1. The first-order valence-corrected chi connectivity index (χ1v) is 10.0. The maximum Gasteiger partial charge on any atom is 0.530 e. The Morgan fingerprint density at radius 2 is 2.23 bits per heavy atom. The maximum atomic E-state index is 15.7. The van der Waals surface area contributed by atoms with Gasteiger partial charge in [0, 0.05) is 18.2 Å². The number of aliphatic hydroxyl groups is 2. The molecule has 11 nitrogen and oxygen atoms in total. The van der Waals surface area contributed by atoms with Crippen LogP contribution in [0.2, 0.25) is 0 Å². The Balaban J connectivity index is 1.64. The van der Waals surface area contributed by atoms with Crippen molar-refractivity contribution in [2.75, 3.05) is 6.56 Å². The van der Waals surface area contributed by atoms with E-state index >= 15 is 4.39 Å². The number of aliphatic hydroxyl groups excluding tert-OH is 2. The molecule has 2 aliphatic rings. The van der Waals surface area contributed by atoms with Gasteiger partial charge in [-0.15, -0.1) is 0 Å². The maximum absolute atomic E-state index is 15.7. The second-order valence-electron chi connectivity index (χ2n) is 6.44. The molecule has 13 heteroatoms. The van der Waals surface area contributed by atoms with E-state index in [4.69, 9.17) is 22.4 Å². The molecule has 1 saturated heterocycles. The molecule has 1 aromatic heterocycles. The van der Waals surface area contributed by atoms with E-state index < -0.39 is 62.4 Å². The van der Waals surface area contributed by atoms with Crippen molar-refractivity contribution in [1.82, 2.24) is 9.55 Å². The number of hydrogen-bond donors (Lipinski definition) is 3. The van der Waals surface area contributed by atoms with E-state index in [1.807, 2.05) is 0 Å². The quantitative estimate of drug-likeness (QED) is 0.563. The van der Waals surface area contributed by atoms with Crippen molar-refractivity contribution in [2.24, 2.45) is 0 Å². The van der Waals surface area contributed by atoms with Crippen molar-refractivity contribution in [3.63, 3.8) is 0 Å². The fourth-order valence-electron chi connectivity index (χ4n) is 2.85. The lowest BCUT2D eigenvalue weighted by atomic mass is 10.2.